The van der Waals surface area contributed by atoms with Crippen LogP contribution in [0.4, 0.5) is 0 Å². The van der Waals surface area contributed by atoms with E-state index in [1.807, 2.05) is 0 Å². The third-order valence-corrected chi connectivity index (χ3v) is 4.92. The normalized spacial score (nSPS) is 20.5. The Balaban J connectivity index is 2.12. The molecule has 22 heavy (non-hydrogen) atoms. The molecule has 2 aliphatic rings. The lowest BCUT2D eigenvalue weighted by molar-refractivity contribution is -0.106. The van der Waals surface area contributed by atoms with Crippen LogP contribution in [0, 0.1) is 0 Å². The van der Waals surface area contributed by atoms with Gasteiger partial charge in [-0.15, -0.1) is 0 Å². The van der Waals surface area contributed by atoms with E-state index in [0.29, 0.717) is 0 Å². The Bertz CT molecular complexity index is 522. The summed E-state index contributed by atoms with van der Waals surface area (Å²) in [5, 5.41) is 0. The Kier molecular flexibility index (Phi) is 3.50. The molecule has 1 saturated carbocycles. The number of benzene rings is 1. The van der Waals surface area contributed by atoms with Crippen molar-refractivity contribution in [1.82, 2.24) is 0 Å². The van der Waals surface area contributed by atoms with Crippen molar-refractivity contribution in [3.05, 3.63) is 23.3 Å². The van der Waals surface area contributed by atoms with E-state index in [2.05, 4.69) is 53.7 Å². The molecule has 122 valence electrons. The summed E-state index contributed by atoms with van der Waals surface area (Å²) in [4.78, 5) is 0. The zero-order valence-corrected chi connectivity index (χ0v) is 15.0. The molecule has 0 atom stereocenters. The quantitative estimate of drug-likeness (QED) is 0.611. The topological polar surface area (TPSA) is 18.5 Å². The molecule has 0 radical (unpaired) electrons. The largest absolute Gasteiger partial charge is 0.448 e. The first-order valence-electron chi connectivity index (χ1n) is 8.68. The van der Waals surface area contributed by atoms with Crippen molar-refractivity contribution in [2.24, 2.45) is 0 Å². The maximum atomic E-state index is 6.51. The molecular formula is C20H30O2. The van der Waals surface area contributed by atoms with Gasteiger partial charge in [0.15, 0.2) is 11.5 Å². The second kappa shape index (κ2) is 4.91. The van der Waals surface area contributed by atoms with Crippen molar-refractivity contribution in [3.8, 4) is 11.5 Å². The van der Waals surface area contributed by atoms with Gasteiger partial charge in [0, 0.05) is 24.0 Å². The Labute approximate surface area is 135 Å². The third kappa shape index (κ3) is 2.61. The summed E-state index contributed by atoms with van der Waals surface area (Å²) in [5.41, 5.74) is 2.64. The standard InChI is InChI=1S/C20H30O2/c1-18(2,3)14-10-11-15(19(4,5)6)17-16(14)21-20(22-17)12-8-7-9-13-20/h10-11H,7-9,12-13H2,1-6H3. The predicted octanol–water partition coefficient (Wildman–Crippen LogP) is 5.71. The Morgan fingerprint density at radius 3 is 1.50 bits per heavy atom. The van der Waals surface area contributed by atoms with E-state index in [1.54, 1.807) is 0 Å². The maximum absolute atomic E-state index is 6.51. The average Bonchev–Trinajstić information content (AvgIpc) is 2.73. The minimum absolute atomic E-state index is 0.0596. The van der Waals surface area contributed by atoms with E-state index >= 15 is 0 Å². The van der Waals surface area contributed by atoms with Crippen molar-refractivity contribution in [2.45, 2.75) is 90.3 Å². The van der Waals surface area contributed by atoms with Crippen molar-refractivity contribution in [3.63, 3.8) is 0 Å². The summed E-state index contributed by atoms with van der Waals surface area (Å²) in [6.45, 7) is 13.5. The molecule has 0 amide bonds. The van der Waals surface area contributed by atoms with Gasteiger partial charge in [-0.3, -0.25) is 0 Å². The fourth-order valence-electron chi connectivity index (χ4n) is 3.63. The summed E-state index contributed by atoms with van der Waals surface area (Å²) in [6, 6.07) is 4.48. The van der Waals surface area contributed by atoms with E-state index in [1.165, 1.54) is 30.4 Å². The van der Waals surface area contributed by atoms with Gasteiger partial charge in [0.1, 0.15) is 0 Å². The highest BCUT2D eigenvalue weighted by atomic mass is 16.7. The molecule has 1 spiro atoms. The predicted molar refractivity (Wildman–Crippen MR) is 90.9 cm³/mol. The molecule has 0 unspecified atom stereocenters. The molecule has 1 aromatic carbocycles. The number of hydrogen-bond acceptors (Lipinski definition) is 2. The summed E-state index contributed by atoms with van der Waals surface area (Å²) in [6.07, 6.45) is 5.71. The van der Waals surface area contributed by atoms with Gasteiger partial charge >= 0.3 is 0 Å². The van der Waals surface area contributed by atoms with Crippen molar-refractivity contribution < 1.29 is 9.47 Å². The zero-order valence-electron chi connectivity index (χ0n) is 15.0. The Morgan fingerprint density at radius 1 is 0.727 bits per heavy atom. The molecule has 0 bridgehead atoms. The summed E-state index contributed by atoms with van der Waals surface area (Å²) in [7, 11) is 0. The molecule has 0 aromatic heterocycles. The maximum Gasteiger partial charge on any atom is 0.251 e. The van der Waals surface area contributed by atoms with E-state index in [0.717, 1.165) is 24.3 Å². The fourth-order valence-corrected chi connectivity index (χ4v) is 3.63. The first-order chi connectivity index (χ1) is 10.1. The highest BCUT2D eigenvalue weighted by Crippen LogP contribution is 2.53. The number of hydrogen-bond donors (Lipinski definition) is 0. The minimum Gasteiger partial charge on any atom is -0.448 e. The lowest BCUT2D eigenvalue weighted by Gasteiger charge is -2.32. The first-order valence-corrected chi connectivity index (χ1v) is 8.68. The lowest BCUT2D eigenvalue weighted by atomic mass is 9.81. The SMILES string of the molecule is CC(C)(C)c1ccc(C(C)(C)C)c2c1OC1(CCCCC1)O2. The van der Waals surface area contributed by atoms with Gasteiger partial charge in [-0.2, -0.15) is 0 Å². The fraction of sp³-hybridized carbons (Fsp3) is 0.700. The van der Waals surface area contributed by atoms with Gasteiger partial charge in [-0.1, -0.05) is 60.1 Å². The molecule has 1 heterocycles. The molecule has 0 saturated heterocycles. The summed E-state index contributed by atoms with van der Waals surface area (Å²) < 4.78 is 13.0. The molecule has 0 N–H and O–H groups in total. The second-order valence-electron chi connectivity index (χ2n) is 8.99. The molecule has 1 aliphatic heterocycles. The van der Waals surface area contributed by atoms with Crippen LogP contribution in [0.25, 0.3) is 0 Å². The van der Waals surface area contributed by atoms with Gasteiger partial charge in [-0.05, 0) is 23.7 Å². The molecule has 2 nitrogen and oxygen atoms in total. The molecule has 1 aromatic rings. The van der Waals surface area contributed by atoms with E-state index in [4.69, 9.17) is 9.47 Å². The number of fused-ring (bicyclic) bond motifs is 1. The Morgan fingerprint density at radius 2 is 1.14 bits per heavy atom. The van der Waals surface area contributed by atoms with Gasteiger partial charge in [0.2, 0.25) is 0 Å². The first kappa shape index (κ1) is 15.7. The molecular weight excluding hydrogens is 272 g/mol. The van der Waals surface area contributed by atoms with Gasteiger partial charge in [0.25, 0.3) is 5.79 Å². The van der Waals surface area contributed by atoms with Crippen LogP contribution in [0.3, 0.4) is 0 Å². The monoisotopic (exact) mass is 302 g/mol. The van der Waals surface area contributed by atoms with Crippen LogP contribution in [0.5, 0.6) is 11.5 Å². The molecule has 2 heteroatoms. The Hall–Kier alpha value is -1.18. The lowest BCUT2D eigenvalue weighted by Crippen LogP contribution is -2.40. The van der Waals surface area contributed by atoms with Crippen molar-refractivity contribution in [2.75, 3.05) is 0 Å². The summed E-state index contributed by atoms with van der Waals surface area (Å²) >= 11 is 0. The van der Waals surface area contributed by atoms with Crippen molar-refractivity contribution >= 4 is 0 Å². The molecule has 3 rings (SSSR count). The smallest absolute Gasteiger partial charge is 0.251 e. The van der Waals surface area contributed by atoms with Gasteiger partial charge in [0.05, 0.1) is 0 Å². The third-order valence-electron chi connectivity index (χ3n) is 4.92. The van der Waals surface area contributed by atoms with Crippen LogP contribution < -0.4 is 9.47 Å². The van der Waals surface area contributed by atoms with Crippen LogP contribution >= 0.6 is 0 Å². The molecule has 1 fully saturated rings. The highest BCUT2D eigenvalue weighted by Gasteiger charge is 2.46. The van der Waals surface area contributed by atoms with Crippen LogP contribution in [0.1, 0.15) is 84.8 Å². The average molecular weight is 302 g/mol. The number of rotatable bonds is 0. The zero-order chi connectivity index (χ0) is 16.2. The number of ether oxygens (including phenoxy) is 2. The van der Waals surface area contributed by atoms with E-state index in [9.17, 15) is 0 Å². The van der Waals surface area contributed by atoms with E-state index < -0.39 is 5.79 Å². The van der Waals surface area contributed by atoms with E-state index in [-0.39, 0.29) is 10.8 Å². The second-order valence-corrected chi connectivity index (χ2v) is 8.99. The van der Waals surface area contributed by atoms with Crippen LogP contribution in [0.2, 0.25) is 0 Å². The highest BCUT2D eigenvalue weighted by molar-refractivity contribution is 5.58. The van der Waals surface area contributed by atoms with Gasteiger partial charge < -0.3 is 9.47 Å². The van der Waals surface area contributed by atoms with Crippen LogP contribution in [-0.2, 0) is 10.8 Å². The minimum atomic E-state index is -0.401. The van der Waals surface area contributed by atoms with Crippen LogP contribution in [0.15, 0.2) is 12.1 Å². The summed E-state index contributed by atoms with van der Waals surface area (Å²) in [5.74, 6) is 1.60. The molecule has 1 aliphatic carbocycles. The van der Waals surface area contributed by atoms with Gasteiger partial charge in [-0.25, -0.2) is 0 Å². The van der Waals surface area contributed by atoms with Crippen LogP contribution in [-0.4, -0.2) is 5.79 Å². The van der Waals surface area contributed by atoms with Crippen molar-refractivity contribution in [1.29, 1.82) is 0 Å².